The summed E-state index contributed by atoms with van der Waals surface area (Å²) in [6, 6.07) is 0. The normalized spacial score (nSPS) is 19.2. The number of allylic oxidation sites excluding steroid dienone is 1. The molecule has 0 aromatic rings. The molecule has 0 bridgehead atoms. The molecule has 0 atom stereocenters. The molecule has 22 heavy (non-hydrogen) atoms. The van der Waals surface area contributed by atoms with E-state index in [0.717, 1.165) is 31.3 Å². The quantitative estimate of drug-likeness (QED) is 0.324. The van der Waals surface area contributed by atoms with Gasteiger partial charge in [0, 0.05) is 0 Å². The van der Waals surface area contributed by atoms with Crippen LogP contribution in [0.4, 0.5) is 0 Å². The molecule has 0 saturated heterocycles. The van der Waals surface area contributed by atoms with E-state index in [1.807, 2.05) is 0 Å². The first-order chi connectivity index (χ1) is 10.7. The minimum Gasteiger partial charge on any atom is -0.462 e. The van der Waals surface area contributed by atoms with Crippen LogP contribution < -0.4 is 0 Å². The van der Waals surface area contributed by atoms with Crippen LogP contribution >= 0.6 is 0 Å². The summed E-state index contributed by atoms with van der Waals surface area (Å²) in [4.78, 5) is 24.9. The van der Waals surface area contributed by atoms with Gasteiger partial charge in [0.1, 0.15) is 5.57 Å². The highest BCUT2D eigenvalue weighted by atomic mass is 16.6. The summed E-state index contributed by atoms with van der Waals surface area (Å²) in [5.41, 5.74) is 1.26. The lowest BCUT2D eigenvalue weighted by atomic mass is 9.82. The third-order valence-electron chi connectivity index (χ3n) is 4.84. The van der Waals surface area contributed by atoms with E-state index in [0.29, 0.717) is 11.8 Å². The first-order valence-corrected chi connectivity index (χ1v) is 8.77. The van der Waals surface area contributed by atoms with Gasteiger partial charge in [0.15, 0.2) is 0 Å². The van der Waals surface area contributed by atoms with E-state index in [4.69, 9.17) is 9.47 Å². The first-order valence-electron chi connectivity index (χ1n) is 8.77. The fraction of sp³-hybridized carbons (Fsp3) is 0.778. The second-order valence-electron chi connectivity index (χ2n) is 6.23. The largest absolute Gasteiger partial charge is 0.462 e. The molecule has 2 aliphatic carbocycles. The van der Waals surface area contributed by atoms with Crippen LogP contribution in [0, 0.1) is 11.8 Å². The van der Waals surface area contributed by atoms with Gasteiger partial charge >= 0.3 is 11.9 Å². The predicted molar refractivity (Wildman–Crippen MR) is 84.2 cm³/mol. The van der Waals surface area contributed by atoms with Gasteiger partial charge < -0.3 is 9.47 Å². The predicted octanol–water partition coefficient (Wildman–Crippen LogP) is 3.79. The topological polar surface area (TPSA) is 52.6 Å². The highest BCUT2D eigenvalue weighted by Gasteiger charge is 2.36. The van der Waals surface area contributed by atoms with Crippen LogP contribution in [0.25, 0.3) is 0 Å². The fourth-order valence-electron chi connectivity index (χ4n) is 3.94. The zero-order valence-electron chi connectivity index (χ0n) is 13.9. The lowest BCUT2D eigenvalue weighted by Gasteiger charge is -2.24. The van der Waals surface area contributed by atoms with E-state index in [2.05, 4.69) is 0 Å². The van der Waals surface area contributed by atoms with Gasteiger partial charge in [-0.25, -0.2) is 9.59 Å². The van der Waals surface area contributed by atoms with Crippen molar-refractivity contribution in [2.24, 2.45) is 11.8 Å². The molecule has 2 saturated carbocycles. The summed E-state index contributed by atoms with van der Waals surface area (Å²) in [7, 11) is 0. The van der Waals surface area contributed by atoms with Gasteiger partial charge in [-0.3, -0.25) is 0 Å². The van der Waals surface area contributed by atoms with Crippen LogP contribution in [0.1, 0.15) is 65.2 Å². The zero-order chi connectivity index (χ0) is 15.9. The number of rotatable bonds is 6. The monoisotopic (exact) mass is 308 g/mol. The maximum absolute atomic E-state index is 12.4. The van der Waals surface area contributed by atoms with Crippen LogP contribution in [0.3, 0.4) is 0 Å². The van der Waals surface area contributed by atoms with Gasteiger partial charge in [-0.05, 0) is 56.9 Å². The van der Waals surface area contributed by atoms with E-state index in [9.17, 15) is 9.59 Å². The second-order valence-corrected chi connectivity index (χ2v) is 6.23. The Hall–Kier alpha value is -1.32. The van der Waals surface area contributed by atoms with Gasteiger partial charge in [0.05, 0.1) is 13.2 Å². The van der Waals surface area contributed by atoms with Crippen molar-refractivity contribution in [1.82, 2.24) is 0 Å². The molecule has 2 rings (SSSR count). The van der Waals surface area contributed by atoms with Crippen molar-refractivity contribution in [3.8, 4) is 0 Å². The molecule has 0 aromatic heterocycles. The van der Waals surface area contributed by atoms with Gasteiger partial charge in [-0.15, -0.1) is 0 Å². The molecule has 0 aliphatic heterocycles. The van der Waals surface area contributed by atoms with E-state index >= 15 is 0 Å². The number of hydrogen-bond acceptors (Lipinski definition) is 4. The first kappa shape index (κ1) is 17.0. The zero-order valence-corrected chi connectivity index (χ0v) is 13.9. The van der Waals surface area contributed by atoms with Crippen LogP contribution in [0.15, 0.2) is 11.1 Å². The lowest BCUT2D eigenvalue weighted by molar-refractivity contribution is -0.146. The van der Waals surface area contributed by atoms with E-state index in [1.54, 1.807) is 13.8 Å². The van der Waals surface area contributed by atoms with Crippen molar-refractivity contribution in [2.75, 3.05) is 13.2 Å². The van der Waals surface area contributed by atoms with Gasteiger partial charge in [0.2, 0.25) is 0 Å². The van der Waals surface area contributed by atoms with E-state index < -0.39 is 11.9 Å². The molecular weight excluding hydrogens is 280 g/mol. The Morgan fingerprint density at radius 1 is 0.773 bits per heavy atom. The van der Waals surface area contributed by atoms with Gasteiger partial charge in [-0.2, -0.15) is 0 Å². The smallest absolute Gasteiger partial charge is 0.345 e. The maximum atomic E-state index is 12.4. The number of hydrogen-bond donors (Lipinski definition) is 0. The Bertz CT molecular complexity index is 388. The van der Waals surface area contributed by atoms with Crippen LogP contribution in [0.2, 0.25) is 0 Å². The summed E-state index contributed by atoms with van der Waals surface area (Å²) >= 11 is 0. The van der Waals surface area contributed by atoms with Crippen molar-refractivity contribution in [3.05, 3.63) is 11.1 Å². The van der Waals surface area contributed by atoms with Crippen LogP contribution in [0.5, 0.6) is 0 Å². The van der Waals surface area contributed by atoms with Crippen LogP contribution in [-0.4, -0.2) is 25.2 Å². The second kappa shape index (κ2) is 8.35. The minimum absolute atomic E-state index is 0.211. The summed E-state index contributed by atoms with van der Waals surface area (Å²) < 4.78 is 10.3. The molecule has 0 amide bonds. The van der Waals surface area contributed by atoms with E-state index in [1.165, 1.54) is 25.7 Å². The molecule has 2 aliphatic rings. The van der Waals surface area contributed by atoms with Crippen LogP contribution in [-0.2, 0) is 19.1 Å². The molecule has 0 heterocycles. The Balaban J connectivity index is 2.41. The Morgan fingerprint density at radius 3 is 1.45 bits per heavy atom. The highest BCUT2D eigenvalue weighted by Crippen LogP contribution is 2.43. The Labute approximate surface area is 133 Å². The molecule has 0 N–H and O–H groups in total. The molecule has 4 nitrogen and oxygen atoms in total. The number of carbonyl (C=O) groups is 2. The standard InChI is InChI=1S/C18H28O4/c1-3-21-17(19)16(18(20)22-4-2)15(13-9-5-6-10-13)14-11-7-8-12-14/h13-14H,3-12H2,1-2H3. The maximum Gasteiger partial charge on any atom is 0.345 e. The van der Waals surface area contributed by atoms with Gasteiger partial charge in [0.25, 0.3) is 0 Å². The summed E-state index contributed by atoms with van der Waals surface area (Å²) in [6.45, 7) is 4.10. The fourth-order valence-corrected chi connectivity index (χ4v) is 3.94. The molecule has 4 heteroatoms. The average molecular weight is 308 g/mol. The Kier molecular flexibility index (Phi) is 6.47. The number of carbonyl (C=O) groups excluding carboxylic acids is 2. The summed E-state index contributed by atoms with van der Waals surface area (Å²) in [6.07, 6.45) is 9.03. The molecule has 0 aromatic carbocycles. The van der Waals surface area contributed by atoms with Crippen molar-refractivity contribution < 1.29 is 19.1 Å². The van der Waals surface area contributed by atoms with Gasteiger partial charge in [-0.1, -0.05) is 25.7 Å². The van der Waals surface area contributed by atoms with E-state index in [-0.39, 0.29) is 18.8 Å². The SMILES string of the molecule is CCOC(=O)C(C(=O)OCC)=C(C1CCCC1)C1CCCC1. The molecule has 0 unspecified atom stereocenters. The molecular formula is C18H28O4. The van der Waals surface area contributed by atoms with Crippen molar-refractivity contribution >= 4 is 11.9 Å². The minimum atomic E-state index is -0.491. The third kappa shape index (κ3) is 3.90. The summed E-state index contributed by atoms with van der Waals surface area (Å²) in [5.74, 6) is -0.275. The highest BCUT2D eigenvalue weighted by molar-refractivity contribution is 6.14. The Morgan fingerprint density at radius 2 is 1.14 bits per heavy atom. The summed E-state index contributed by atoms with van der Waals surface area (Å²) in [5, 5.41) is 0. The van der Waals surface area contributed by atoms with Crippen molar-refractivity contribution in [1.29, 1.82) is 0 Å². The molecule has 124 valence electrons. The number of ether oxygens (including phenoxy) is 2. The number of esters is 2. The molecule has 0 radical (unpaired) electrons. The lowest BCUT2D eigenvalue weighted by Crippen LogP contribution is -2.25. The molecule has 2 fully saturated rings. The van der Waals surface area contributed by atoms with Crippen molar-refractivity contribution in [3.63, 3.8) is 0 Å². The third-order valence-corrected chi connectivity index (χ3v) is 4.84. The molecule has 0 spiro atoms. The van der Waals surface area contributed by atoms with Crippen molar-refractivity contribution in [2.45, 2.75) is 65.2 Å². The average Bonchev–Trinajstić information content (AvgIpc) is 3.18.